The van der Waals surface area contributed by atoms with Crippen LogP contribution in [0.3, 0.4) is 0 Å². The van der Waals surface area contributed by atoms with Crippen molar-refractivity contribution in [3.8, 4) is 11.5 Å². The number of hydrogen-bond acceptors (Lipinski definition) is 5. The molecule has 1 atom stereocenters. The molecule has 2 aromatic rings. The average molecular weight is 317 g/mol. The Balaban J connectivity index is 1.75. The summed E-state index contributed by atoms with van der Waals surface area (Å²) in [4.78, 5) is 8.41. The fourth-order valence-corrected chi connectivity index (χ4v) is 3.21. The minimum absolute atomic E-state index is 0.541. The van der Waals surface area contributed by atoms with E-state index < -0.39 is 0 Å². The molecule has 1 fully saturated rings. The van der Waals surface area contributed by atoms with E-state index in [9.17, 15) is 0 Å². The highest BCUT2D eigenvalue weighted by molar-refractivity contribution is 7.98. The number of hydrogen-bond donors (Lipinski definition) is 1. The number of rotatable bonds is 4. The lowest BCUT2D eigenvalue weighted by Crippen LogP contribution is -2.48. The Bertz CT molecular complexity index is 623. The molecule has 1 aromatic carbocycles. The normalized spacial score (nSPS) is 19.5. The van der Waals surface area contributed by atoms with Crippen LogP contribution in [0.25, 0.3) is 11.5 Å². The lowest BCUT2D eigenvalue weighted by atomic mass is 10.2. The molecular weight excluding hydrogens is 294 g/mol. The van der Waals surface area contributed by atoms with Gasteiger partial charge in [-0.1, -0.05) is 0 Å². The molecule has 0 saturated carbocycles. The molecule has 1 N–H and O–H groups in total. The molecule has 0 spiro atoms. The van der Waals surface area contributed by atoms with Gasteiger partial charge < -0.3 is 9.73 Å². The maximum atomic E-state index is 5.88. The van der Waals surface area contributed by atoms with Gasteiger partial charge in [0.2, 0.25) is 5.89 Å². The first-order chi connectivity index (χ1) is 10.7. The molecule has 1 saturated heterocycles. The minimum Gasteiger partial charge on any atom is -0.441 e. The van der Waals surface area contributed by atoms with E-state index in [1.807, 2.05) is 6.92 Å². The van der Waals surface area contributed by atoms with Crippen LogP contribution in [-0.2, 0) is 6.54 Å². The van der Waals surface area contributed by atoms with E-state index in [0.29, 0.717) is 6.04 Å². The van der Waals surface area contributed by atoms with Crippen LogP contribution < -0.4 is 5.32 Å². The van der Waals surface area contributed by atoms with Crippen molar-refractivity contribution in [3.05, 3.63) is 35.7 Å². The predicted octanol–water partition coefficient (Wildman–Crippen LogP) is 3.17. The first-order valence-corrected chi connectivity index (χ1v) is 8.94. The van der Waals surface area contributed by atoms with Gasteiger partial charge in [-0.25, -0.2) is 4.98 Å². The number of aromatic nitrogens is 1. The van der Waals surface area contributed by atoms with Gasteiger partial charge in [-0.3, -0.25) is 4.90 Å². The number of nitrogens with zero attached hydrogens (tertiary/aromatic N) is 2. The van der Waals surface area contributed by atoms with Crippen molar-refractivity contribution in [2.45, 2.75) is 31.3 Å². The lowest BCUT2D eigenvalue weighted by molar-refractivity contribution is 0.197. The van der Waals surface area contributed by atoms with E-state index in [-0.39, 0.29) is 0 Å². The first-order valence-electron chi connectivity index (χ1n) is 7.72. The summed E-state index contributed by atoms with van der Waals surface area (Å²) in [6.45, 7) is 8.26. The molecule has 0 bridgehead atoms. The number of piperazine rings is 1. The molecule has 0 radical (unpaired) electrons. The molecule has 2 heterocycles. The molecule has 22 heavy (non-hydrogen) atoms. The molecule has 5 heteroatoms. The largest absolute Gasteiger partial charge is 0.441 e. The van der Waals surface area contributed by atoms with Crippen molar-refractivity contribution >= 4 is 11.8 Å². The molecule has 0 aliphatic carbocycles. The maximum Gasteiger partial charge on any atom is 0.226 e. The fourth-order valence-electron chi connectivity index (χ4n) is 2.80. The van der Waals surface area contributed by atoms with Crippen LogP contribution in [0.1, 0.15) is 18.4 Å². The zero-order valence-electron chi connectivity index (χ0n) is 13.4. The summed E-state index contributed by atoms with van der Waals surface area (Å²) >= 11 is 1.74. The van der Waals surface area contributed by atoms with Gasteiger partial charge in [-0.15, -0.1) is 11.8 Å². The molecule has 3 rings (SSSR count). The van der Waals surface area contributed by atoms with Crippen molar-refractivity contribution in [1.29, 1.82) is 0 Å². The van der Waals surface area contributed by atoms with Gasteiger partial charge in [0, 0.05) is 42.7 Å². The highest BCUT2D eigenvalue weighted by Gasteiger charge is 2.19. The van der Waals surface area contributed by atoms with Crippen LogP contribution in [0.4, 0.5) is 0 Å². The summed E-state index contributed by atoms with van der Waals surface area (Å²) in [5.41, 5.74) is 2.10. The molecule has 118 valence electrons. The highest BCUT2D eigenvalue weighted by atomic mass is 32.2. The van der Waals surface area contributed by atoms with E-state index in [0.717, 1.165) is 49.1 Å². The Morgan fingerprint density at radius 1 is 1.36 bits per heavy atom. The maximum absolute atomic E-state index is 5.88. The van der Waals surface area contributed by atoms with Crippen molar-refractivity contribution in [3.63, 3.8) is 0 Å². The third kappa shape index (κ3) is 3.54. The van der Waals surface area contributed by atoms with Gasteiger partial charge in [0.15, 0.2) is 0 Å². The summed E-state index contributed by atoms with van der Waals surface area (Å²) < 4.78 is 5.88. The monoisotopic (exact) mass is 317 g/mol. The van der Waals surface area contributed by atoms with E-state index >= 15 is 0 Å². The van der Waals surface area contributed by atoms with Crippen LogP contribution in [0, 0.1) is 6.92 Å². The Hall–Kier alpha value is -1.30. The fraction of sp³-hybridized carbons (Fsp3) is 0.471. The summed E-state index contributed by atoms with van der Waals surface area (Å²) in [5.74, 6) is 1.65. The molecule has 0 amide bonds. The highest BCUT2D eigenvalue weighted by Crippen LogP contribution is 2.25. The van der Waals surface area contributed by atoms with Crippen LogP contribution >= 0.6 is 11.8 Å². The second kappa shape index (κ2) is 6.86. The Morgan fingerprint density at radius 2 is 2.14 bits per heavy atom. The Labute approximate surface area is 136 Å². The van der Waals surface area contributed by atoms with Crippen LogP contribution in [0.5, 0.6) is 0 Å². The van der Waals surface area contributed by atoms with Gasteiger partial charge in [-0.2, -0.15) is 0 Å². The second-order valence-corrected chi connectivity index (χ2v) is 6.72. The zero-order chi connectivity index (χ0) is 15.5. The van der Waals surface area contributed by atoms with Gasteiger partial charge in [0.25, 0.3) is 0 Å². The number of thioether (sulfide) groups is 1. The van der Waals surface area contributed by atoms with Crippen molar-refractivity contribution in [1.82, 2.24) is 15.2 Å². The van der Waals surface area contributed by atoms with Gasteiger partial charge in [-0.05, 0) is 44.4 Å². The predicted molar refractivity (Wildman–Crippen MR) is 91.2 cm³/mol. The number of oxazole rings is 1. The molecule has 0 unspecified atom stereocenters. The second-order valence-electron chi connectivity index (χ2n) is 5.84. The van der Waals surface area contributed by atoms with Crippen molar-refractivity contribution in [2.24, 2.45) is 0 Å². The third-order valence-corrected chi connectivity index (χ3v) is 4.80. The molecule has 4 nitrogen and oxygen atoms in total. The average Bonchev–Trinajstić information content (AvgIpc) is 2.88. The van der Waals surface area contributed by atoms with Crippen LogP contribution in [0.15, 0.2) is 33.6 Å². The topological polar surface area (TPSA) is 41.3 Å². The van der Waals surface area contributed by atoms with Crippen LogP contribution in [0.2, 0.25) is 0 Å². The van der Waals surface area contributed by atoms with Crippen molar-refractivity contribution in [2.75, 3.05) is 25.9 Å². The van der Waals surface area contributed by atoms with Crippen LogP contribution in [-0.4, -0.2) is 41.8 Å². The number of nitrogens with one attached hydrogen (secondary N) is 1. The summed E-state index contributed by atoms with van der Waals surface area (Å²) in [7, 11) is 0. The van der Waals surface area contributed by atoms with E-state index in [1.54, 1.807) is 11.8 Å². The first kappa shape index (κ1) is 15.6. The molecular formula is C17H23N3OS. The molecule has 1 aromatic heterocycles. The van der Waals surface area contributed by atoms with E-state index in [1.165, 1.54) is 4.90 Å². The third-order valence-electron chi connectivity index (χ3n) is 4.06. The smallest absolute Gasteiger partial charge is 0.226 e. The van der Waals surface area contributed by atoms with Gasteiger partial charge in [0.1, 0.15) is 5.76 Å². The Morgan fingerprint density at radius 3 is 2.82 bits per heavy atom. The summed E-state index contributed by atoms with van der Waals surface area (Å²) in [6, 6.07) is 8.91. The summed E-state index contributed by atoms with van der Waals surface area (Å²) in [6.07, 6.45) is 2.08. The quantitative estimate of drug-likeness (QED) is 0.877. The Kier molecular flexibility index (Phi) is 4.86. The van der Waals surface area contributed by atoms with E-state index in [2.05, 4.69) is 47.7 Å². The lowest BCUT2D eigenvalue weighted by Gasteiger charge is -2.31. The molecule has 1 aliphatic heterocycles. The van der Waals surface area contributed by atoms with Gasteiger partial charge in [0.05, 0.1) is 5.69 Å². The van der Waals surface area contributed by atoms with Gasteiger partial charge >= 0.3 is 0 Å². The van der Waals surface area contributed by atoms with Crippen molar-refractivity contribution < 1.29 is 4.42 Å². The minimum atomic E-state index is 0.541. The molecule has 1 aliphatic rings. The summed E-state index contributed by atoms with van der Waals surface area (Å²) in [5, 5.41) is 3.47. The standard InChI is InChI=1S/C17H23N3OS/c1-12-10-20(9-8-18-12)11-16-13(2)21-17(19-16)14-4-6-15(22-3)7-5-14/h4-7,12,18H,8-11H2,1-3H3/t12-/m0/s1. The van der Waals surface area contributed by atoms with E-state index in [4.69, 9.17) is 9.40 Å². The number of aryl methyl sites for hydroxylation is 1. The SMILES string of the molecule is CSc1ccc(-c2nc(CN3CCN[C@@H](C)C3)c(C)o2)cc1. The number of benzene rings is 1. The zero-order valence-corrected chi connectivity index (χ0v) is 14.2.